The van der Waals surface area contributed by atoms with Crippen LogP contribution in [0.25, 0.3) is 0 Å². The fourth-order valence-electron chi connectivity index (χ4n) is 3.84. The third-order valence-electron chi connectivity index (χ3n) is 5.35. The minimum Gasteiger partial charge on any atom is -0.353 e. The van der Waals surface area contributed by atoms with Gasteiger partial charge in [-0.15, -0.1) is 0 Å². The molecule has 0 bridgehead atoms. The number of hydrogen-bond acceptors (Lipinski definition) is 3. The highest BCUT2D eigenvalue weighted by atomic mass is 32.1. The Kier molecular flexibility index (Phi) is 6.30. The summed E-state index contributed by atoms with van der Waals surface area (Å²) in [5.74, 6) is 0.755. The SMILES string of the molecule is O=C(CCc1ccsc1)NC1CCN(C(=O)C2CCCCC2)CC1. The van der Waals surface area contributed by atoms with Gasteiger partial charge in [-0.05, 0) is 54.5 Å². The number of aryl methyl sites for hydroxylation is 1. The second kappa shape index (κ2) is 8.65. The Morgan fingerprint density at radius 3 is 2.54 bits per heavy atom. The van der Waals surface area contributed by atoms with Crippen LogP contribution in [0.4, 0.5) is 0 Å². The van der Waals surface area contributed by atoms with Gasteiger partial charge in [0.2, 0.25) is 11.8 Å². The van der Waals surface area contributed by atoms with E-state index in [4.69, 9.17) is 0 Å². The van der Waals surface area contributed by atoms with Gasteiger partial charge in [-0.2, -0.15) is 11.3 Å². The molecule has 1 saturated carbocycles. The van der Waals surface area contributed by atoms with Crippen molar-refractivity contribution in [2.75, 3.05) is 13.1 Å². The summed E-state index contributed by atoms with van der Waals surface area (Å²) in [7, 11) is 0. The molecule has 5 heteroatoms. The van der Waals surface area contributed by atoms with E-state index in [9.17, 15) is 9.59 Å². The van der Waals surface area contributed by atoms with Crippen LogP contribution in [0.15, 0.2) is 16.8 Å². The number of thiophene rings is 1. The number of hydrogen-bond donors (Lipinski definition) is 1. The molecule has 0 atom stereocenters. The Bertz CT molecular complexity index is 530. The predicted octanol–water partition coefficient (Wildman–Crippen LogP) is 3.37. The smallest absolute Gasteiger partial charge is 0.225 e. The molecule has 1 aromatic heterocycles. The third kappa shape index (κ3) is 4.82. The topological polar surface area (TPSA) is 49.4 Å². The second-order valence-corrected chi connectivity index (χ2v) is 7.91. The predicted molar refractivity (Wildman–Crippen MR) is 97.0 cm³/mol. The van der Waals surface area contributed by atoms with E-state index in [0.717, 1.165) is 45.2 Å². The summed E-state index contributed by atoms with van der Waals surface area (Å²) in [6, 6.07) is 2.31. The van der Waals surface area contributed by atoms with Crippen LogP contribution in [-0.2, 0) is 16.0 Å². The molecule has 0 unspecified atom stereocenters. The number of amides is 2. The van der Waals surface area contributed by atoms with Gasteiger partial charge in [0, 0.05) is 31.5 Å². The molecule has 1 aromatic rings. The molecule has 132 valence electrons. The third-order valence-corrected chi connectivity index (χ3v) is 6.08. The first-order chi connectivity index (χ1) is 11.7. The number of carbonyl (C=O) groups is 2. The first kappa shape index (κ1) is 17.5. The summed E-state index contributed by atoms with van der Waals surface area (Å²) >= 11 is 1.67. The molecule has 24 heavy (non-hydrogen) atoms. The average molecular weight is 349 g/mol. The fraction of sp³-hybridized carbons (Fsp3) is 0.684. The lowest BCUT2D eigenvalue weighted by Gasteiger charge is -2.35. The highest BCUT2D eigenvalue weighted by Gasteiger charge is 2.29. The van der Waals surface area contributed by atoms with Crippen molar-refractivity contribution in [3.63, 3.8) is 0 Å². The Balaban J connectivity index is 1.36. The molecule has 1 N–H and O–H groups in total. The molecule has 0 aromatic carbocycles. The summed E-state index contributed by atoms with van der Waals surface area (Å²) < 4.78 is 0. The standard InChI is InChI=1S/C19H28N2O2S/c22-18(7-6-15-10-13-24-14-15)20-17-8-11-21(12-9-17)19(23)16-4-2-1-3-5-16/h10,13-14,16-17H,1-9,11-12H2,(H,20,22). The Morgan fingerprint density at radius 1 is 1.12 bits per heavy atom. The summed E-state index contributed by atoms with van der Waals surface area (Å²) in [5, 5.41) is 7.29. The van der Waals surface area contributed by atoms with Gasteiger partial charge in [0.05, 0.1) is 0 Å². The lowest BCUT2D eigenvalue weighted by molar-refractivity contribution is -0.137. The number of likely N-dealkylation sites (tertiary alicyclic amines) is 1. The molecule has 2 amide bonds. The largest absolute Gasteiger partial charge is 0.353 e. The van der Waals surface area contributed by atoms with Gasteiger partial charge in [0.15, 0.2) is 0 Å². The molecule has 0 spiro atoms. The average Bonchev–Trinajstić information content (AvgIpc) is 3.14. The molecule has 4 nitrogen and oxygen atoms in total. The van der Waals surface area contributed by atoms with Crippen LogP contribution < -0.4 is 5.32 Å². The maximum atomic E-state index is 12.6. The summed E-state index contributed by atoms with van der Waals surface area (Å²) in [6.07, 6.45) is 8.97. The van der Waals surface area contributed by atoms with Gasteiger partial charge < -0.3 is 10.2 Å². The van der Waals surface area contributed by atoms with Crippen molar-refractivity contribution >= 4 is 23.2 Å². The minimum atomic E-state index is 0.137. The Morgan fingerprint density at radius 2 is 1.88 bits per heavy atom. The number of nitrogens with zero attached hydrogens (tertiary/aromatic N) is 1. The highest BCUT2D eigenvalue weighted by molar-refractivity contribution is 7.07. The van der Waals surface area contributed by atoms with E-state index in [0.29, 0.717) is 12.3 Å². The van der Waals surface area contributed by atoms with E-state index >= 15 is 0 Å². The zero-order valence-corrected chi connectivity index (χ0v) is 15.2. The molecule has 2 heterocycles. The van der Waals surface area contributed by atoms with E-state index in [-0.39, 0.29) is 17.9 Å². The van der Waals surface area contributed by atoms with Gasteiger partial charge >= 0.3 is 0 Å². The van der Waals surface area contributed by atoms with E-state index in [1.807, 2.05) is 10.3 Å². The first-order valence-electron chi connectivity index (χ1n) is 9.31. The van der Waals surface area contributed by atoms with Crippen molar-refractivity contribution < 1.29 is 9.59 Å². The maximum absolute atomic E-state index is 12.6. The molecule has 1 aliphatic carbocycles. The van der Waals surface area contributed by atoms with Crippen molar-refractivity contribution in [2.45, 2.75) is 63.8 Å². The van der Waals surface area contributed by atoms with Crippen LogP contribution in [0.5, 0.6) is 0 Å². The van der Waals surface area contributed by atoms with Crippen molar-refractivity contribution in [1.29, 1.82) is 0 Å². The molecule has 0 radical (unpaired) electrons. The Labute approximate surface area is 148 Å². The van der Waals surface area contributed by atoms with Gasteiger partial charge in [-0.1, -0.05) is 19.3 Å². The van der Waals surface area contributed by atoms with Crippen LogP contribution in [0.2, 0.25) is 0 Å². The van der Waals surface area contributed by atoms with E-state index in [1.54, 1.807) is 11.3 Å². The summed E-state index contributed by atoms with van der Waals surface area (Å²) in [4.78, 5) is 26.7. The molecule has 2 fully saturated rings. The van der Waals surface area contributed by atoms with Crippen LogP contribution in [0, 0.1) is 5.92 Å². The van der Waals surface area contributed by atoms with E-state index in [2.05, 4.69) is 16.8 Å². The molecular weight excluding hydrogens is 320 g/mol. The lowest BCUT2D eigenvalue weighted by Crippen LogP contribution is -2.48. The number of nitrogens with one attached hydrogen (secondary N) is 1. The fourth-order valence-corrected chi connectivity index (χ4v) is 4.55. The first-order valence-corrected chi connectivity index (χ1v) is 10.3. The normalized spacial score (nSPS) is 20.1. The van der Waals surface area contributed by atoms with Gasteiger partial charge in [-0.25, -0.2) is 0 Å². The van der Waals surface area contributed by atoms with Crippen molar-refractivity contribution in [3.8, 4) is 0 Å². The molecule has 2 aliphatic rings. The molecule has 1 saturated heterocycles. The van der Waals surface area contributed by atoms with Crippen molar-refractivity contribution in [2.24, 2.45) is 5.92 Å². The van der Waals surface area contributed by atoms with Crippen LogP contribution in [0.3, 0.4) is 0 Å². The molecule has 3 rings (SSSR count). The van der Waals surface area contributed by atoms with Gasteiger partial charge in [-0.3, -0.25) is 9.59 Å². The van der Waals surface area contributed by atoms with Crippen LogP contribution >= 0.6 is 11.3 Å². The van der Waals surface area contributed by atoms with Gasteiger partial charge in [0.1, 0.15) is 0 Å². The van der Waals surface area contributed by atoms with E-state index < -0.39 is 0 Å². The zero-order valence-electron chi connectivity index (χ0n) is 14.3. The van der Waals surface area contributed by atoms with Crippen molar-refractivity contribution in [1.82, 2.24) is 10.2 Å². The highest BCUT2D eigenvalue weighted by Crippen LogP contribution is 2.26. The monoisotopic (exact) mass is 348 g/mol. The van der Waals surface area contributed by atoms with Crippen molar-refractivity contribution in [3.05, 3.63) is 22.4 Å². The second-order valence-electron chi connectivity index (χ2n) is 7.13. The number of carbonyl (C=O) groups excluding carboxylic acids is 2. The number of piperidine rings is 1. The zero-order chi connectivity index (χ0) is 16.8. The number of rotatable bonds is 5. The van der Waals surface area contributed by atoms with Crippen LogP contribution in [0.1, 0.15) is 56.9 Å². The van der Waals surface area contributed by atoms with Gasteiger partial charge in [0.25, 0.3) is 0 Å². The quantitative estimate of drug-likeness (QED) is 0.887. The molecular formula is C19H28N2O2S. The lowest BCUT2D eigenvalue weighted by atomic mass is 9.87. The maximum Gasteiger partial charge on any atom is 0.225 e. The summed E-state index contributed by atoms with van der Waals surface area (Å²) in [6.45, 7) is 1.59. The minimum absolute atomic E-state index is 0.137. The summed E-state index contributed by atoms with van der Waals surface area (Å²) in [5.41, 5.74) is 1.24. The molecule has 1 aliphatic heterocycles. The Hall–Kier alpha value is -1.36. The van der Waals surface area contributed by atoms with Crippen LogP contribution in [-0.4, -0.2) is 35.8 Å². The van der Waals surface area contributed by atoms with E-state index in [1.165, 1.54) is 24.8 Å².